The number of ether oxygens (including phenoxy) is 2. The van der Waals surface area contributed by atoms with Crippen molar-refractivity contribution in [3.63, 3.8) is 0 Å². The van der Waals surface area contributed by atoms with Gasteiger partial charge >= 0.3 is 6.09 Å². The maximum absolute atomic E-state index is 11.7. The molecule has 0 aliphatic carbocycles. The highest BCUT2D eigenvalue weighted by atomic mass is 16.6. The summed E-state index contributed by atoms with van der Waals surface area (Å²) < 4.78 is 10.7. The summed E-state index contributed by atoms with van der Waals surface area (Å²) in [5.74, 6) is 2.66. The van der Waals surface area contributed by atoms with Gasteiger partial charge < -0.3 is 25.4 Å². The summed E-state index contributed by atoms with van der Waals surface area (Å²) in [5.41, 5.74) is 6.19. The Morgan fingerprint density at radius 2 is 2.31 bits per heavy atom. The molecule has 3 heterocycles. The number of fused-ring (bicyclic) bond motifs is 2. The molecule has 0 radical (unpaired) electrons. The fourth-order valence-electron chi connectivity index (χ4n) is 3.28. The number of carbonyl (C=O) groups is 2. The van der Waals surface area contributed by atoms with Crippen molar-refractivity contribution < 1.29 is 19.1 Å². The molecule has 2 aliphatic heterocycles. The van der Waals surface area contributed by atoms with E-state index < -0.39 is 12.0 Å². The molecule has 2 amide bonds. The van der Waals surface area contributed by atoms with Gasteiger partial charge in [-0.3, -0.25) is 4.79 Å². The highest BCUT2D eigenvalue weighted by molar-refractivity contribution is 6.02. The van der Waals surface area contributed by atoms with E-state index in [0.717, 1.165) is 0 Å². The summed E-state index contributed by atoms with van der Waals surface area (Å²) in [7, 11) is 0. The third-order valence-corrected chi connectivity index (χ3v) is 4.42. The second kappa shape index (κ2) is 6.07. The number of alkyl carbamates (subject to hydrolysis) is 1. The van der Waals surface area contributed by atoms with Gasteiger partial charge in [-0.2, -0.15) is 0 Å². The SMILES string of the molecule is C#CCOc1cc2c(N3C[C@@H]4OC(=O)N[C@@H]4C3)ncnc2cc1C(N)=O. The molecule has 9 heteroatoms. The number of primary amides is 1. The Hall–Kier alpha value is -3.54. The van der Waals surface area contributed by atoms with E-state index in [4.69, 9.17) is 21.6 Å². The second-order valence-corrected chi connectivity index (χ2v) is 6.02. The topological polar surface area (TPSA) is 120 Å². The first kappa shape index (κ1) is 16.0. The number of hydrogen-bond donors (Lipinski definition) is 2. The number of rotatable bonds is 4. The van der Waals surface area contributed by atoms with Gasteiger partial charge in [-0.1, -0.05) is 5.92 Å². The predicted octanol–water partition coefficient (Wildman–Crippen LogP) is 0.0377. The molecule has 0 saturated carbocycles. The molecule has 132 valence electrons. The number of hydrogen-bond acceptors (Lipinski definition) is 7. The van der Waals surface area contributed by atoms with Gasteiger partial charge in [-0.05, 0) is 12.1 Å². The third-order valence-electron chi connectivity index (χ3n) is 4.42. The summed E-state index contributed by atoms with van der Waals surface area (Å²) in [4.78, 5) is 33.6. The average molecular weight is 353 g/mol. The van der Waals surface area contributed by atoms with Crippen LogP contribution in [0.4, 0.5) is 10.6 Å². The van der Waals surface area contributed by atoms with Crippen LogP contribution in [-0.4, -0.2) is 53.8 Å². The van der Waals surface area contributed by atoms with Crippen LogP contribution in [0, 0.1) is 12.3 Å². The standard InChI is InChI=1S/C17H15N5O4/c1-2-3-25-13-5-9-11(4-10(13)15(18)23)19-8-20-16(9)22-6-12-14(7-22)26-17(24)21-12/h1,4-5,8,12,14H,3,6-7H2,(H2,18,23)(H,21,24)/t12-,14+/m1/s1. The molecule has 2 atom stereocenters. The van der Waals surface area contributed by atoms with Gasteiger partial charge in [0, 0.05) is 11.9 Å². The molecule has 1 aromatic carbocycles. The van der Waals surface area contributed by atoms with E-state index in [2.05, 4.69) is 21.2 Å². The van der Waals surface area contributed by atoms with E-state index in [0.29, 0.717) is 29.8 Å². The van der Waals surface area contributed by atoms with E-state index in [-0.39, 0.29) is 30.1 Å². The number of nitrogens with zero attached hydrogens (tertiary/aromatic N) is 3. The highest BCUT2D eigenvalue weighted by Crippen LogP contribution is 2.32. The van der Waals surface area contributed by atoms with Crippen LogP contribution in [-0.2, 0) is 4.74 Å². The third kappa shape index (κ3) is 2.61. The normalized spacial score (nSPS) is 21.0. The van der Waals surface area contributed by atoms with Crippen LogP contribution in [0.3, 0.4) is 0 Å². The fourth-order valence-corrected chi connectivity index (χ4v) is 3.28. The molecule has 3 N–H and O–H groups in total. The van der Waals surface area contributed by atoms with Crippen LogP contribution >= 0.6 is 0 Å². The molecule has 2 saturated heterocycles. The lowest BCUT2D eigenvalue weighted by Crippen LogP contribution is -2.32. The van der Waals surface area contributed by atoms with Gasteiger partial charge in [0.05, 0.1) is 23.7 Å². The van der Waals surface area contributed by atoms with Crippen molar-refractivity contribution in [2.75, 3.05) is 24.6 Å². The van der Waals surface area contributed by atoms with Crippen LogP contribution in [0.15, 0.2) is 18.5 Å². The van der Waals surface area contributed by atoms with Crippen molar-refractivity contribution in [2.24, 2.45) is 5.73 Å². The lowest BCUT2D eigenvalue weighted by Gasteiger charge is -2.20. The van der Waals surface area contributed by atoms with E-state index >= 15 is 0 Å². The lowest BCUT2D eigenvalue weighted by molar-refractivity contribution is 0.0997. The average Bonchev–Trinajstić information content (AvgIpc) is 3.15. The lowest BCUT2D eigenvalue weighted by atomic mass is 10.1. The number of carbonyl (C=O) groups excluding carboxylic acids is 2. The smallest absolute Gasteiger partial charge is 0.407 e. The minimum atomic E-state index is -0.633. The number of benzene rings is 1. The summed E-state index contributed by atoms with van der Waals surface area (Å²) in [6.45, 7) is 1.07. The minimum Gasteiger partial charge on any atom is -0.480 e. The van der Waals surface area contributed by atoms with Gasteiger partial charge in [-0.15, -0.1) is 6.42 Å². The van der Waals surface area contributed by atoms with Crippen LogP contribution in [0.25, 0.3) is 10.9 Å². The van der Waals surface area contributed by atoms with Crippen LogP contribution in [0.1, 0.15) is 10.4 Å². The molecule has 4 rings (SSSR count). The predicted molar refractivity (Wildman–Crippen MR) is 91.8 cm³/mol. The first-order valence-corrected chi connectivity index (χ1v) is 7.93. The number of anilines is 1. The van der Waals surface area contributed by atoms with Gasteiger partial charge in [0.15, 0.2) is 0 Å². The fraction of sp³-hybridized carbons (Fsp3) is 0.294. The summed E-state index contributed by atoms with van der Waals surface area (Å²) >= 11 is 0. The minimum absolute atomic E-state index is 0.00252. The first-order valence-electron chi connectivity index (χ1n) is 7.93. The van der Waals surface area contributed by atoms with E-state index in [9.17, 15) is 9.59 Å². The maximum atomic E-state index is 11.7. The molecular weight excluding hydrogens is 338 g/mol. The molecule has 2 fully saturated rings. The quantitative estimate of drug-likeness (QED) is 0.745. The van der Waals surface area contributed by atoms with Crippen LogP contribution in [0.5, 0.6) is 5.75 Å². The summed E-state index contributed by atoms with van der Waals surface area (Å²) in [6, 6.07) is 3.13. The molecule has 1 aromatic heterocycles. The molecular formula is C17H15N5O4. The van der Waals surface area contributed by atoms with Gasteiger partial charge in [0.25, 0.3) is 5.91 Å². The van der Waals surface area contributed by atoms with Crippen molar-refractivity contribution >= 4 is 28.7 Å². The highest BCUT2D eigenvalue weighted by Gasteiger charge is 2.42. The molecule has 26 heavy (non-hydrogen) atoms. The van der Waals surface area contributed by atoms with E-state index in [1.54, 1.807) is 12.1 Å². The molecule has 2 aliphatic rings. The van der Waals surface area contributed by atoms with Gasteiger partial charge in [-0.25, -0.2) is 14.8 Å². The molecule has 9 nitrogen and oxygen atoms in total. The van der Waals surface area contributed by atoms with Crippen LogP contribution in [0.2, 0.25) is 0 Å². The first-order chi connectivity index (χ1) is 12.6. The molecule has 0 bridgehead atoms. The summed E-state index contributed by atoms with van der Waals surface area (Å²) in [5, 5.41) is 3.46. The van der Waals surface area contributed by atoms with E-state index in [1.807, 2.05) is 4.90 Å². The van der Waals surface area contributed by atoms with Crippen molar-refractivity contribution in [1.29, 1.82) is 0 Å². The monoisotopic (exact) mass is 353 g/mol. The molecule has 2 aromatic rings. The van der Waals surface area contributed by atoms with Crippen molar-refractivity contribution in [3.8, 4) is 18.1 Å². The van der Waals surface area contributed by atoms with Crippen LogP contribution < -0.4 is 20.7 Å². The number of nitrogens with two attached hydrogens (primary N) is 1. The molecule has 0 spiro atoms. The zero-order chi connectivity index (χ0) is 18.3. The second-order valence-electron chi connectivity index (χ2n) is 6.02. The number of aromatic nitrogens is 2. The summed E-state index contributed by atoms with van der Waals surface area (Å²) in [6.07, 6.45) is 6.02. The zero-order valence-electron chi connectivity index (χ0n) is 13.6. The largest absolute Gasteiger partial charge is 0.480 e. The van der Waals surface area contributed by atoms with Crippen molar-refractivity contribution in [1.82, 2.24) is 15.3 Å². The number of amides is 2. The zero-order valence-corrected chi connectivity index (χ0v) is 13.6. The van der Waals surface area contributed by atoms with E-state index in [1.165, 1.54) is 6.33 Å². The number of nitrogens with one attached hydrogen (secondary N) is 1. The number of terminal acetylenes is 1. The Labute approximate surface area is 148 Å². The van der Waals surface area contributed by atoms with Gasteiger partial charge in [0.1, 0.15) is 30.6 Å². The van der Waals surface area contributed by atoms with Crippen molar-refractivity contribution in [2.45, 2.75) is 12.1 Å². The Morgan fingerprint density at radius 3 is 3.04 bits per heavy atom. The Morgan fingerprint density at radius 1 is 1.46 bits per heavy atom. The Bertz CT molecular complexity index is 938. The Balaban J connectivity index is 1.75. The Kier molecular flexibility index (Phi) is 3.73. The maximum Gasteiger partial charge on any atom is 0.407 e. The van der Waals surface area contributed by atoms with Crippen molar-refractivity contribution in [3.05, 3.63) is 24.0 Å². The van der Waals surface area contributed by atoms with Gasteiger partial charge in [0.2, 0.25) is 0 Å². The molecule has 0 unspecified atom stereocenters.